The Kier molecular flexibility index (Phi) is 4.97. The third-order valence-corrected chi connectivity index (χ3v) is 4.54. The predicted octanol–water partition coefficient (Wildman–Crippen LogP) is 3.35. The van der Waals surface area contributed by atoms with Gasteiger partial charge in [0, 0.05) is 41.4 Å². The Labute approximate surface area is 142 Å². The molecule has 124 valence electrons. The molecule has 7 nitrogen and oxygen atoms in total. The van der Waals surface area contributed by atoms with Crippen molar-refractivity contribution in [3.05, 3.63) is 63.1 Å². The fourth-order valence-electron chi connectivity index (χ4n) is 2.22. The molecular formula is C16H16N4O3S. The first-order valence-corrected chi connectivity index (χ1v) is 8.27. The molecule has 1 N–H and O–H groups in total. The molecule has 1 aromatic carbocycles. The Morgan fingerprint density at radius 3 is 2.71 bits per heavy atom. The molecule has 8 heteroatoms. The zero-order valence-electron chi connectivity index (χ0n) is 13.1. The van der Waals surface area contributed by atoms with E-state index in [0.717, 1.165) is 23.5 Å². The van der Waals surface area contributed by atoms with Gasteiger partial charge < -0.3 is 9.84 Å². The Morgan fingerprint density at radius 1 is 1.25 bits per heavy atom. The largest absolute Gasteiger partial charge is 0.339 e. The van der Waals surface area contributed by atoms with Crippen LogP contribution in [-0.2, 0) is 13.0 Å². The summed E-state index contributed by atoms with van der Waals surface area (Å²) in [6.07, 6.45) is 0.696. The number of nitro benzene ring substituents is 1. The topological polar surface area (TPSA) is 94.1 Å². The molecule has 0 amide bonds. The van der Waals surface area contributed by atoms with E-state index in [9.17, 15) is 10.1 Å². The van der Waals surface area contributed by atoms with Crippen molar-refractivity contribution in [1.82, 2.24) is 15.5 Å². The number of aromatic nitrogens is 2. The van der Waals surface area contributed by atoms with Crippen molar-refractivity contribution in [1.29, 1.82) is 0 Å². The SMILES string of the molecule is Cc1noc(CCNCc2ccc(-c3ccc([N+](=O)[O-])cc3)s2)n1. The summed E-state index contributed by atoms with van der Waals surface area (Å²) < 4.78 is 5.06. The highest BCUT2D eigenvalue weighted by atomic mass is 32.1. The minimum Gasteiger partial charge on any atom is -0.339 e. The van der Waals surface area contributed by atoms with Gasteiger partial charge in [-0.25, -0.2) is 0 Å². The number of rotatable bonds is 7. The lowest BCUT2D eigenvalue weighted by atomic mass is 10.2. The summed E-state index contributed by atoms with van der Waals surface area (Å²) in [5.74, 6) is 1.29. The molecular weight excluding hydrogens is 328 g/mol. The van der Waals surface area contributed by atoms with Crippen molar-refractivity contribution in [3.8, 4) is 10.4 Å². The molecule has 0 spiro atoms. The standard InChI is InChI=1S/C16H16N4O3S/c1-11-18-16(23-19-11)8-9-17-10-14-6-7-15(24-14)12-2-4-13(5-3-12)20(21)22/h2-7,17H,8-10H2,1H3. The monoisotopic (exact) mass is 344 g/mol. The van der Waals surface area contributed by atoms with Gasteiger partial charge in [-0.1, -0.05) is 5.16 Å². The molecule has 0 aliphatic carbocycles. The highest BCUT2D eigenvalue weighted by Crippen LogP contribution is 2.29. The molecule has 2 aromatic heterocycles. The van der Waals surface area contributed by atoms with Crippen molar-refractivity contribution in [2.24, 2.45) is 0 Å². The first-order valence-electron chi connectivity index (χ1n) is 7.45. The predicted molar refractivity (Wildman–Crippen MR) is 90.9 cm³/mol. The van der Waals surface area contributed by atoms with Crippen molar-refractivity contribution in [2.45, 2.75) is 19.9 Å². The van der Waals surface area contributed by atoms with Gasteiger partial charge in [0.05, 0.1) is 4.92 Å². The molecule has 0 atom stereocenters. The number of nitrogens with zero attached hydrogens (tertiary/aromatic N) is 3. The van der Waals surface area contributed by atoms with Crippen molar-refractivity contribution in [2.75, 3.05) is 6.54 Å². The Balaban J connectivity index is 1.52. The van der Waals surface area contributed by atoms with Crippen LogP contribution < -0.4 is 5.32 Å². The molecule has 0 unspecified atom stereocenters. The van der Waals surface area contributed by atoms with E-state index < -0.39 is 4.92 Å². The number of benzene rings is 1. The zero-order chi connectivity index (χ0) is 16.9. The molecule has 3 rings (SSSR count). The maximum atomic E-state index is 10.7. The summed E-state index contributed by atoms with van der Waals surface area (Å²) in [6, 6.07) is 10.7. The first kappa shape index (κ1) is 16.3. The van der Waals surface area contributed by atoms with E-state index in [2.05, 4.69) is 21.5 Å². The molecule has 0 aliphatic heterocycles. The highest BCUT2D eigenvalue weighted by Gasteiger charge is 2.07. The van der Waals surface area contributed by atoms with E-state index in [4.69, 9.17) is 4.52 Å². The summed E-state index contributed by atoms with van der Waals surface area (Å²) in [5.41, 5.74) is 1.09. The molecule has 0 bridgehead atoms. The fourth-order valence-corrected chi connectivity index (χ4v) is 3.21. The number of nitro groups is 1. The van der Waals surface area contributed by atoms with Crippen LogP contribution in [-0.4, -0.2) is 21.6 Å². The second kappa shape index (κ2) is 7.33. The molecule has 2 heterocycles. The third-order valence-electron chi connectivity index (χ3n) is 3.41. The maximum Gasteiger partial charge on any atom is 0.269 e. The van der Waals surface area contributed by atoms with E-state index in [1.54, 1.807) is 30.4 Å². The normalized spacial score (nSPS) is 10.9. The number of thiophene rings is 1. The van der Waals surface area contributed by atoms with Gasteiger partial charge >= 0.3 is 0 Å². The number of aryl methyl sites for hydroxylation is 1. The number of hydrogen-bond donors (Lipinski definition) is 1. The summed E-state index contributed by atoms with van der Waals surface area (Å²) >= 11 is 1.67. The van der Waals surface area contributed by atoms with E-state index in [1.165, 1.54) is 17.0 Å². The van der Waals surface area contributed by atoms with Crippen LogP contribution in [0.25, 0.3) is 10.4 Å². The number of nitrogens with one attached hydrogen (secondary N) is 1. The quantitative estimate of drug-likeness (QED) is 0.401. The third kappa shape index (κ3) is 4.03. The second-order valence-corrected chi connectivity index (χ2v) is 6.40. The Bertz CT molecular complexity index is 826. The van der Waals surface area contributed by atoms with Gasteiger partial charge in [-0.05, 0) is 36.8 Å². The van der Waals surface area contributed by atoms with E-state index in [-0.39, 0.29) is 5.69 Å². The van der Waals surface area contributed by atoms with Crippen LogP contribution in [0, 0.1) is 17.0 Å². The van der Waals surface area contributed by atoms with Crippen molar-refractivity contribution in [3.63, 3.8) is 0 Å². The van der Waals surface area contributed by atoms with Gasteiger partial charge in [0.15, 0.2) is 5.82 Å². The number of non-ortho nitro benzene ring substituents is 1. The molecule has 0 aliphatic rings. The molecule has 0 saturated heterocycles. The molecule has 0 radical (unpaired) electrons. The van der Waals surface area contributed by atoms with Crippen LogP contribution in [0.2, 0.25) is 0 Å². The summed E-state index contributed by atoms with van der Waals surface area (Å²) in [4.78, 5) is 16.7. The zero-order valence-corrected chi connectivity index (χ0v) is 13.9. The van der Waals surface area contributed by atoms with E-state index >= 15 is 0 Å². The minimum atomic E-state index is -0.390. The summed E-state index contributed by atoms with van der Waals surface area (Å²) in [5, 5.41) is 17.8. The molecule has 24 heavy (non-hydrogen) atoms. The van der Waals surface area contributed by atoms with Gasteiger partial charge in [0.25, 0.3) is 5.69 Å². The van der Waals surface area contributed by atoms with Gasteiger partial charge in [-0.15, -0.1) is 11.3 Å². The van der Waals surface area contributed by atoms with E-state index in [1.807, 2.05) is 6.07 Å². The van der Waals surface area contributed by atoms with Gasteiger partial charge in [0.1, 0.15) is 0 Å². The molecule has 0 saturated carbocycles. The van der Waals surface area contributed by atoms with Crippen LogP contribution in [0.4, 0.5) is 5.69 Å². The fraction of sp³-hybridized carbons (Fsp3) is 0.250. The van der Waals surface area contributed by atoms with Gasteiger partial charge in [-0.2, -0.15) is 4.98 Å². The Morgan fingerprint density at radius 2 is 2.04 bits per heavy atom. The Hall–Kier alpha value is -2.58. The van der Waals surface area contributed by atoms with Crippen molar-refractivity contribution >= 4 is 17.0 Å². The van der Waals surface area contributed by atoms with Gasteiger partial charge in [0.2, 0.25) is 5.89 Å². The maximum absolute atomic E-state index is 10.7. The lowest BCUT2D eigenvalue weighted by Crippen LogP contribution is -2.16. The number of hydrogen-bond acceptors (Lipinski definition) is 7. The molecule has 3 aromatic rings. The lowest BCUT2D eigenvalue weighted by molar-refractivity contribution is -0.384. The summed E-state index contributed by atoms with van der Waals surface area (Å²) in [7, 11) is 0. The average Bonchev–Trinajstić information content (AvgIpc) is 3.21. The average molecular weight is 344 g/mol. The van der Waals surface area contributed by atoms with Crippen LogP contribution in [0.5, 0.6) is 0 Å². The first-order chi connectivity index (χ1) is 11.6. The van der Waals surface area contributed by atoms with Crippen LogP contribution in [0.15, 0.2) is 40.9 Å². The van der Waals surface area contributed by atoms with E-state index in [0.29, 0.717) is 18.1 Å². The van der Waals surface area contributed by atoms with Crippen LogP contribution in [0.3, 0.4) is 0 Å². The van der Waals surface area contributed by atoms with Crippen molar-refractivity contribution < 1.29 is 9.45 Å². The van der Waals surface area contributed by atoms with Gasteiger partial charge in [-0.3, -0.25) is 10.1 Å². The summed E-state index contributed by atoms with van der Waals surface area (Å²) in [6.45, 7) is 3.31. The minimum absolute atomic E-state index is 0.105. The lowest BCUT2D eigenvalue weighted by Gasteiger charge is -2.00. The second-order valence-electron chi connectivity index (χ2n) is 5.23. The molecule has 0 fully saturated rings. The highest BCUT2D eigenvalue weighted by molar-refractivity contribution is 7.15. The smallest absolute Gasteiger partial charge is 0.269 e. The van der Waals surface area contributed by atoms with Crippen LogP contribution in [0.1, 0.15) is 16.6 Å². The van der Waals surface area contributed by atoms with Crippen LogP contribution >= 0.6 is 11.3 Å².